The summed E-state index contributed by atoms with van der Waals surface area (Å²) in [5, 5.41) is 12.0. The predicted octanol–water partition coefficient (Wildman–Crippen LogP) is 0.866. The monoisotopic (exact) mass is 364 g/mol. The van der Waals surface area contributed by atoms with Gasteiger partial charge >= 0.3 is 0 Å². The normalized spacial score (nSPS) is 25.3. The summed E-state index contributed by atoms with van der Waals surface area (Å²) in [6, 6.07) is 16.1. The van der Waals surface area contributed by atoms with Crippen LogP contribution in [0.4, 0.5) is 0 Å². The Balaban J connectivity index is 1.29. The molecule has 1 aromatic carbocycles. The minimum atomic E-state index is -0.368. The molecule has 4 atom stereocenters. The summed E-state index contributed by atoms with van der Waals surface area (Å²) >= 11 is 0. The number of nitrogens with zero attached hydrogens (tertiary/aromatic N) is 2. The van der Waals surface area contributed by atoms with Gasteiger partial charge in [-0.3, -0.25) is 4.79 Å². The van der Waals surface area contributed by atoms with E-state index in [1.54, 1.807) is 6.07 Å². The Morgan fingerprint density at radius 3 is 2.93 bits per heavy atom. The molecule has 5 rings (SSSR count). The number of hydrogen-bond donors (Lipinski definition) is 2. The first-order valence-corrected chi connectivity index (χ1v) is 9.92. The van der Waals surface area contributed by atoms with Crippen molar-refractivity contribution >= 4 is 10.9 Å². The Hall–Kier alpha value is -2.37. The van der Waals surface area contributed by atoms with Crippen LogP contribution in [0, 0.1) is 5.92 Å². The van der Waals surface area contributed by atoms with Gasteiger partial charge in [-0.15, -0.1) is 0 Å². The number of benzene rings is 1. The van der Waals surface area contributed by atoms with Crippen molar-refractivity contribution in [3.8, 4) is 0 Å². The van der Waals surface area contributed by atoms with Gasteiger partial charge in [0.15, 0.2) is 0 Å². The molecule has 2 unspecified atom stereocenters. The molecular weight excluding hydrogens is 338 g/mol. The van der Waals surface area contributed by atoms with Crippen LogP contribution in [-0.2, 0) is 13.1 Å². The number of fused-ring (bicyclic) bond motifs is 5. The number of piperidine rings is 1. The first-order valence-electron chi connectivity index (χ1n) is 9.92. The first kappa shape index (κ1) is 16.8. The average Bonchev–Trinajstić information content (AvgIpc) is 3.05. The summed E-state index contributed by atoms with van der Waals surface area (Å²) in [6.07, 6.45) is 2.87. The molecule has 2 aliphatic heterocycles. The SMILES string of the molecule is O=c1cccc2n1C[C@@H]1C[C@H]2C[NH+](CC(O)Cn2ccc3ccccc32)C1. The second-order valence-electron chi connectivity index (χ2n) is 8.24. The minimum absolute atomic E-state index is 0.130. The molecular formula is C22H26N3O2+. The standard InChI is InChI=1S/C22H25N3O2/c26-19(15-24-9-8-17-4-1-2-5-20(17)24)14-23-11-16-10-18(13-23)21-6-3-7-22(27)25(21)12-16/h1-9,16,18-19,26H,10-15H2/p+1/t16-,18+,19?/m1/s1. The third-order valence-corrected chi connectivity index (χ3v) is 6.28. The lowest BCUT2D eigenvalue weighted by atomic mass is 9.83. The second kappa shape index (κ2) is 6.66. The molecule has 2 bridgehead atoms. The lowest BCUT2D eigenvalue weighted by Gasteiger charge is -2.40. The van der Waals surface area contributed by atoms with Gasteiger partial charge in [-0.25, -0.2) is 0 Å². The zero-order valence-electron chi connectivity index (χ0n) is 15.4. The highest BCUT2D eigenvalue weighted by atomic mass is 16.3. The molecule has 0 spiro atoms. The van der Waals surface area contributed by atoms with Crippen molar-refractivity contribution in [2.75, 3.05) is 19.6 Å². The van der Waals surface area contributed by atoms with Gasteiger partial charge < -0.3 is 19.1 Å². The summed E-state index contributed by atoms with van der Waals surface area (Å²) in [4.78, 5) is 13.6. The quantitative estimate of drug-likeness (QED) is 0.722. The highest BCUT2D eigenvalue weighted by Gasteiger charge is 2.37. The third-order valence-electron chi connectivity index (χ3n) is 6.28. The van der Waals surface area contributed by atoms with Crippen LogP contribution in [0.5, 0.6) is 0 Å². The van der Waals surface area contributed by atoms with Crippen LogP contribution in [0.2, 0.25) is 0 Å². The molecule has 27 heavy (non-hydrogen) atoms. The van der Waals surface area contributed by atoms with Gasteiger partial charge in [-0.05, 0) is 30.0 Å². The third kappa shape index (κ3) is 3.11. The van der Waals surface area contributed by atoms with Crippen molar-refractivity contribution in [1.82, 2.24) is 9.13 Å². The number of nitrogens with one attached hydrogen (secondary N) is 1. The van der Waals surface area contributed by atoms with Crippen LogP contribution in [0.25, 0.3) is 10.9 Å². The molecule has 2 aliphatic rings. The van der Waals surface area contributed by atoms with Crippen molar-refractivity contribution in [3.63, 3.8) is 0 Å². The van der Waals surface area contributed by atoms with Crippen LogP contribution in [-0.4, -0.2) is 40.0 Å². The van der Waals surface area contributed by atoms with Crippen molar-refractivity contribution < 1.29 is 10.0 Å². The number of likely N-dealkylation sites (tertiary alicyclic amines) is 1. The summed E-state index contributed by atoms with van der Waals surface area (Å²) in [6.45, 7) is 4.26. The average molecular weight is 364 g/mol. The van der Waals surface area contributed by atoms with E-state index >= 15 is 0 Å². The molecule has 5 nitrogen and oxygen atoms in total. The van der Waals surface area contributed by atoms with Crippen molar-refractivity contribution in [1.29, 1.82) is 0 Å². The minimum Gasteiger partial charge on any atom is -0.385 e. The smallest absolute Gasteiger partial charge is 0.250 e. The van der Waals surface area contributed by atoms with E-state index in [1.165, 1.54) is 27.9 Å². The van der Waals surface area contributed by atoms with Crippen LogP contribution in [0.1, 0.15) is 18.0 Å². The predicted molar refractivity (Wildman–Crippen MR) is 105 cm³/mol. The van der Waals surface area contributed by atoms with Crippen LogP contribution >= 0.6 is 0 Å². The number of aliphatic hydroxyl groups is 1. The van der Waals surface area contributed by atoms with Gasteiger partial charge in [-0.2, -0.15) is 0 Å². The summed E-state index contributed by atoms with van der Waals surface area (Å²) in [5.74, 6) is 0.965. The molecule has 0 amide bonds. The van der Waals surface area contributed by atoms with Gasteiger partial charge in [-0.1, -0.05) is 24.3 Å². The van der Waals surface area contributed by atoms with E-state index in [-0.39, 0.29) is 11.7 Å². The fourth-order valence-corrected chi connectivity index (χ4v) is 5.21. The first-order chi connectivity index (χ1) is 13.2. The summed E-state index contributed by atoms with van der Waals surface area (Å²) in [5.41, 5.74) is 2.49. The van der Waals surface area contributed by atoms with E-state index in [0.717, 1.165) is 26.2 Å². The topological polar surface area (TPSA) is 51.6 Å². The number of para-hydroxylation sites is 1. The maximum atomic E-state index is 12.2. The highest BCUT2D eigenvalue weighted by molar-refractivity contribution is 5.79. The lowest BCUT2D eigenvalue weighted by molar-refractivity contribution is -0.914. The molecule has 1 fully saturated rings. The fraction of sp³-hybridized carbons (Fsp3) is 0.409. The van der Waals surface area contributed by atoms with E-state index < -0.39 is 0 Å². The van der Waals surface area contributed by atoms with E-state index in [9.17, 15) is 9.90 Å². The lowest BCUT2D eigenvalue weighted by Crippen LogP contribution is -3.15. The Kier molecular flexibility index (Phi) is 4.14. The number of aromatic nitrogens is 2. The number of pyridine rings is 1. The molecule has 5 heteroatoms. The Morgan fingerprint density at radius 2 is 2.00 bits per heavy atom. The molecule has 2 N–H and O–H groups in total. The fourth-order valence-electron chi connectivity index (χ4n) is 5.21. The van der Waals surface area contributed by atoms with Crippen LogP contribution in [0.3, 0.4) is 0 Å². The van der Waals surface area contributed by atoms with E-state index in [1.807, 2.05) is 22.8 Å². The zero-order chi connectivity index (χ0) is 18.4. The maximum absolute atomic E-state index is 12.2. The van der Waals surface area contributed by atoms with E-state index in [2.05, 4.69) is 35.0 Å². The summed E-state index contributed by atoms with van der Waals surface area (Å²) < 4.78 is 4.12. The van der Waals surface area contributed by atoms with Crippen molar-refractivity contribution in [2.45, 2.75) is 31.5 Å². The molecule has 3 aromatic rings. The molecule has 2 aromatic heterocycles. The van der Waals surface area contributed by atoms with Gasteiger partial charge in [0.05, 0.1) is 19.6 Å². The maximum Gasteiger partial charge on any atom is 0.250 e. The number of quaternary nitrogens is 1. The molecule has 4 heterocycles. The van der Waals surface area contributed by atoms with Gasteiger partial charge in [0, 0.05) is 41.9 Å². The van der Waals surface area contributed by atoms with Gasteiger partial charge in [0.25, 0.3) is 5.56 Å². The summed E-state index contributed by atoms with van der Waals surface area (Å²) in [7, 11) is 0. The number of rotatable bonds is 4. The van der Waals surface area contributed by atoms with Crippen molar-refractivity contribution in [2.24, 2.45) is 5.92 Å². The number of hydrogen-bond acceptors (Lipinski definition) is 2. The number of aliphatic hydroxyl groups excluding tert-OH is 1. The molecule has 0 aliphatic carbocycles. The van der Waals surface area contributed by atoms with Gasteiger partial charge in [0.2, 0.25) is 0 Å². The second-order valence-corrected chi connectivity index (χ2v) is 8.24. The Bertz CT molecular complexity index is 1020. The molecule has 0 radical (unpaired) electrons. The van der Waals surface area contributed by atoms with E-state index in [0.29, 0.717) is 18.4 Å². The van der Waals surface area contributed by atoms with Crippen molar-refractivity contribution in [3.05, 3.63) is 70.8 Å². The van der Waals surface area contributed by atoms with Crippen LogP contribution < -0.4 is 10.5 Å². The largest absolute Gasteiger partial charge is 0.385 e. The Labute approximate surface area is 158 Å². The van der Waals surface area contributed by atoms with Gasteiger partial charge in [0.1, 0.15) is 12.6 Å². The molecule has 140 valence electrons. The zero-order valence-corrected chi connectivity index (χ0v) is 15.4. The highest BCUT2D eigenvalue weighted by Crippen LogP contribution is 2.30. The van der Waals surface area contributed by atoms with E-state index in [4.69, 9.17) is 0 Å². The Morgan fingerprint density at radius 1 is 1.11 bits per heavy atom. The molecule has 1 saturated heterocycles. The molecule has 0 saturated carbocycles. The van der Waals surface area contributed by atoms with Crippen LogP contribution in [0.15, 0.2) is 59.5 Å².